The molecule has 0 amide bonds. The Kier molecular flexibility index (Phi) is 2.37. The summed E-state index contributed by atoms with van der Waals surface area (Å²) in [5, 5.41) is 0. The number of hydrogen-bond donors (Lipinski definition) is 0. The highest BCUT2D eigenvalue weighted by Crippen LogP contribution is 2.46. The van der Waals surface area contributed by atoms with Crippen molar-refractivity contribution in [1.82, 2.24) is 9.80 Å². The predicted molar refractivity (Wildman–Crippen MR) is 55.9 cm³/mol. The lowest BCUT2D eigenvalue weighted by Crippen LogP contribution is -2.42. The van der Waals surface area contributed by atoms with Crippen LogP contribution >= 0.6 is 0 Å². The molecule has 1 heterocycles. The van der Waals surface area contributed by atoms with Crippen LogP contribution in [0.3, 0.4) is 0 Å². The van der Waals surface area contributed by atoms with Crippen molar-refractivity contribution in [2.45, 2.75) is 31.7 Å². The van der Waals surface area contributed by atoms with Crippen LogP contribution in [-0.2, 0) is 0 Å². The molecular formula is C11H22N2. The Hall–Kier alpha value is -0.0800. The lowest BCUT2D eigenvalue weighted by atomic mass is 9.81. The fourth-order valence-electron chi connectivity index (χ4n) is 3.51. The minimum absolute atomic E-state index is 0.651. The molecule has 0 bridgehead atoms. The molecule has 76 valence electrons. The molecule has 1 aliphatic carbocycles. The molecule has 0 aromatic carbocycles. The van der Waals surface area contributed by atoms with Crippen LogP contribution < -0.4 is 0 Å². The van der Waals surface area contributed by atoms with Crippen molar-refractivity contribution >= 4 is 0 Å². The first-order valence-corrected chi connectivity index (χ1v) is 5.49. The van der Waals surface area contributed by atoms with Crippen molar-refractivity contribution < 1.29 is 0 Å². The third-order valence-electron chi connectivity index (χ3n) is 4.06. The molecule has 1 aliphatic heterocycles. The Balaban J connectivity index is 2.12. The zero-order valence-corrected chi connectivity index (χ0v) is 9.21. The van der Waals surface area contributed by atoms with Gasteiger partial charge in [0.05, 0.1) is 0 Å². The third kappa shape index (κ3) is 1.50. The van der Waals surface area contributed by atoms with Gasteiger partial charge in [0.2, 0.25) is 0 Å². The van der Waals surface area contributed by atoms with Crippen LogP contribution in [0, 0.1) is 5.41 Å². The topological polar surface area (TPSA) is 6.48 Å². The van der Waals surface area contributed by atoms with Crippen molar-refractivity contribution in [2.75, 3.05) is 34.2 Å². The van der Waals surface area contributed by atoms with Crippen LogP contribution in [-0.4, -0.2) is 50.1 Å². The van der Waals surface area contributed by atoms with Crippen LogP contribution in [0.1, 0.15) is 25.7 Å². The van der Waals surface area contributed by atoms with Crippen molar-refractivity contribution in [2.24, 2.45) is 5.41 Å². The lowest BCUT2D eigenvalue weighted by Gasteiger charge is -2.35. The second-order valence-corrected chi connectivity index (χ2v) is 5.22. The van der Waals surface area contributed by atoms with Gasteiger partial charge in [-0.1, -0.05) is 6.42 Å². The highest BCUT2D eigenvalue weighted by Gasteiger charge is 2.47. The minimum atomic E-state index is 0.651. The third-order valence-corrected chi connectivity index (χ3v) is 4.06. The molecule has 2 aliphatic rings. The van der Waals surface area contributed by atoms with Gasteiger partial charge in [0, 0.05) is 12.6 Å². The Morgan fingerprint density at radius 1 is 1.31 bits per heavy atom. The van der Waals surface area contributed by atoms with E-state index in [1.165, 1.54) is 38.8 Å². The summed E-state index contributed by atoms with van der Waals surface area (Å²) in [6.07, 6.45) is 5.74. The van der Waals surface area contributed by atoms with Gasteiger partial charge in [0.1, 0.15) is 0 Å². The molecule has 2 nitrogen and oxygen atoms in total. The number of nitrogens with zero attached hydrogens (tertiary/aromatic N) is 2. The van der Waals surface area contributed by atoms with E-state index >= 15 is 0 Å². The van der Waals surface area contributed by atoms with Crippen molar-refractivity contribution in [3.05, 3.63) is 0 Å². The predicted octanol–water partition coefficient (Wildman–Crippen LogP) is 1.42. The summed E-state index contributed by atoms with van der Waals surface area (Å²) in [4.78, 5) is 4.95. The van der Waals surface area contributed by atoms with E-state index in [1.807, 2.05) is 0 Å². The summed E-state index contributed by atoms with van der Waals surface area (Å²) < 4.78 is 0. The molecule has 0 aromatic rings. The van der Waals surface area contributed by atoms with E-state index in [-0.39, 0.29) is 0 Å². The Morgan fingerprint density at radius 2 is 2.08 bits per heavy atom. The zero-order chi connectivity index (χ0) is 9.47. The summed E-state index contributed by atoms with van der Waals surface area (Å²) >= 11 is 0. The molecule has 2 heteroatoms. The molecule has 0 N–H and O–H groups in total. The van der Waals surface area contributed by atoms with E-state index in [9.17, 15) is 0 Å². The second-order valence-electron chi connectivity index (χ2n) is 5.22. The van der Waals surface area contributed by atoms with Gasteiger partial charge in [-0.05, 0) is 52.4 Å². The SMILES string of the molecule is CN1CCC2(CCCC2N(C)C)C1. The second kappa shape index (κ2) is 3.25. The van der Waals surface area contributed by atoms with Gasteiger partial charge in [-0.15, -0.1) is 0 Å². The van der Waals surface area contributed by atoms with Gasteiger partial charge >= 0.3 is 0 Å². The smallest absolute Gasteiger partial charge is 0.0158 e. The maximum Gasteiger partial charge on any atom is 0.0158 e. The van der Waals surface area contributed by atoms with Crippen molar-refractivity contribution in [3.63, 3.8) is 0 Å². The molecule has 2 unspecified atom stereocenters. The Labute approximate surface area is 81.9 Å². The standard InChI is InChI=1S/C11H22N2/c1-12(2)10-5-4-6-11(10)7-8-13(3)9-11/h10H,4-9H2,1-3H3. The monoisotopic (exact) mass is 182 g/mol. The Bertz CT molecular complexity index is 191. The fourth-order valence-corrected chi connectivity index (χ4v) is 3.51. The van der Waals surface area contributed by atoms with Gasteiger partial charge in [-0.3, -0.25) is 0 Å². The van der Waals surface area contributed by atoms with E-state index in [0.717, 1.165) is 6.04 Å². The van der Waals surface area contributed by atoms with E-state index in [4.69, 9.17) is 0 Å². The highest BCUT2D eigenvalue weighted by molar-refractivity contribution is 5.01. The molecule has 2 fully saturated rings. The number of rotatable bonds is 1. The molecular weight excluding hydrogens is 160 g/mol. The fraction of sp³-hybridized carbons (Fsp3) is 1.00. The zero-order valence-electron chi connectivity index (χ0n) is 9.21. The van der Waals surface area contributed by atoms with Gasteiger partial charge < -0.3 is 9.80 Å². The minimum Gasteiger partial charge on any atom is -0.306 e. The van der Waals surface area contributed by atoms with E-state index in [1.54, 1.807) is 0 Å². The van der Waals surface area contributed by atoms with Crippen molar-refractivity contribution in [1.29, 1.82) is 0 Å². The van der Waals surface area contributed by atoms with Gasteiger partial charge in [0.15, 0.2) is 0 Å². The lowest BCUT2D eigenvalue weighted by molar-refractivity contribution is 0.140. The summed E-state index contributed by atoms with van der Waals surface area (Å²) in [6, 6.07) is 0.845. The molecule has 0 aromatic heterocycles. The molecule has 1 saturated heterocycles. The first-order chi connectivity index (χ1) is 6.14. The van der Waals surface area contributed by atoms with Crippen LogP contribution in [0.15, 0.2) is 0 Å². The van der Waals surface area contributed by atoms with Crippen LogP contribution in [0.4, 0.5) is 0 Å². The maximum absolute atomic E-state index is 2.50. The van der Waals surface area contributed by atoms with Crippen LogP contribution in [0.5, 0.6) is 0 Å². The van der Waals surface area contributed by atoms with Crippen LogP contribution in [0.2, 0.25) is 0 Å². The van der Waals surface area contributed by atoms with Gasteiger partial charge in [0.25, 0.3) is 0 Å². The van der Waals surface area contributed by atoms with E-state index in [2.05, 4.69) is 30.9 Å². The molecule has 2 rings (SSSR count). The van der Waals surface area contributed by atoms with Gasteiger partial charge in [-0.2, -0.15) is 0 Å². The summed E-state index contributed by atoms with van der Waals surface area (Å²) in [6.45, 7) is 2.64. The first-order valence-electron chi connectivity index (χ1n) is 5.49. The highest BCUT2D eigenvalue weighted by atomic mass is 15.2. The maximum atomic E-state index is 2.50. The largest absolute Gasteiger partial charge is 0.306 e. The summed E-state index contributed by atoms with van der Waals surface area (Å²) in [5.41, 5.74) is 0.651. The normalized spacial score (nSPS) is 41.1. The van der Waals surface area contributed by atoms with E-state index in [0.29, 0.717) is 5.41 Å². The summed E-state index contributed by atoms with van der Waals surface area (Å²) in [7, 11) is 6.76. The van der Waals surface area contributed by atoms with Crippen LogP contribution in [0.25, 0.3) is 0 Å². The van der Waals surface area contributed by atoms with Gasteiger partial charge in [-0.25, -0.2) is 0 Å². The number of likely N-dealkylation sites (tertiary alicyclic amines) is 1. The molecule has 0 radical (unpaired) electrons. The van der Waals surface area contributed by atoms with E-state index < -0.39 is 0 Å². The molecule has 1 spiro atoms. The first kappa shape index (κ1) is 9.47. The average molecular weight is 182 g/mol. The summed E-state index contributed by atoms with van der Waals surface area (Å²) in [5.74, 6) is 0. The average Bonchev–Trinajstić information content (AvgIpc) is 2.60. The molecule has 1 saturated carbocycles. The molecule has 2 atom stereocenters. The van der Waals surface area contributed by atoms with Crippen molar-refractivity contribution in [3.8, 4) is 0 Å². The molecule has 13 heavy (non-hydrogen) atoms. The Morgan fingerprint density at radius 3 is 2.62 bits per heavy atom. The number of hydrogen-bond acceptors (Lipinski definition) is 2. The quantitative estimate of drug-likeness (QED) is 0.605.